The van der Waals surface area contributed by atoms with Gasteiger partial charge in [0.2, 0.25) is 5.88 Å². The second-order valence-electron chi connectivity index (χ2n) is 5.05. The number of nitrogens with zero attached hydrogens (tertiary/aromatic N) is 1. The van der Waals surface area contributed by atoms with Gasteiger partial charge in [-0.15, -0.1) is 0 Å². The molecular weight excluding hydrogens is 296 g/mol. The topological polar surface area (TPSA) is 54.4 Å². The highest BCUT2D eigenvalue weighted by atomic mass is 32.1. The van der Waals surface area contributed by atoms with Gasteiger partial charge in [-0.2, -0.15) is 11.3 Å². The van der Waals surface area contributed by atoms with E-state index >= 15 is 0 Å². The SMILES string of the molecule is COc1nc2ccccc2cc1CNCC(O)c1ccsc1. The summed E-state index contributed by atoms with van der Waals surface area (Å²) in [5.74, 6) is 0.622. The van der Waals surface area contributed by atoms with Gasteiger partial charge >= 0.3 is 0 Å². The number of benzene rings is 1. The quantitative estimate of drug-likeness (QED) is 0.734. The second-order valence-corrected chi connectivity index (χ2v) is 5.83. The standard InChI is InChI=1S/C17H18N2O2S/c1-21-17-14(8-12-4-2-3-5-15(12)19-17)9-18-10-16(20)13-6-7-22-11-13/h2-8,11,16,18,20H,9-10H2,1H3. The van der Waals surface area contributed by atoms with Crippen LogP contribution in [-0.2, 0) is 6.54 Å². The van der Waals surface area contributed by atoms with Gasteiger partial charge in [0.1, 0.15) is 0 Å². The number of pyridine rings is 1. The predicted molar refractivity (Wildman–Crippen MR) is 89.3 cm³/mol. The fraction of sp³-hybridized carbons (Fsp3) is 0.235. The maximum Gasteiger partial charge on any atom is 0.218 e. The van der Waals surface area contributed by atoms with Crippen molar-refractivity contribution in [3.8, 4) is 5.88 Å². The minimum Gasteiger partial charge on any atom is -0.481 e. The van der Waals surface area contributed by atoms with Crippen molar-refractivity contribution in [3.05, 3.63) is 58.3 Å². The normalized spacial score (nSPS) is 12.5. The van der Waals surface area contributed by atoms with Crippen LogP contribution in [0.5, 0.6) is 5.88 Å². The maximum atomic E-state index is 10.1. The number of rotatable bonds is 6. The third-order valence-electron chi connectivity index (χ3n) is 3.54. The molecule has 22 heavy (non-hydrogen) atoms. The van der Waals surface area contributed by atoms with Crippen LogP contribution in [0.3, 0.4) is 0 Å². The zero-order valence-electron chi connectivity index (χ0n) is 12.3. The van der Waals surface area contributed by atoms with Crippen LogP contribution in [0.15, 0.2) is 47.2 Å². The summed E-state index contributed by atoms with van der Waals surface area (Å²) in [6.45, 7) is 1.09. The van der Waals surface area contributed by atoms with E-state index < -0.39 is 6.10 Å². The van der Waals surface area contributed by atoms with Crippen molar-refractivity contribution in [2.75, 3.05) is 13.7 Å². The molecule has 0 aliphatic heterocycles. The van der Waals surface area contributed by atoms with E-state index in [2.05, 4.69) is 16.4 Å². The van der Waals surface area contributed by atoms with Gasteiger partial charge in [-0.3, -0.25) is 0 Å². The molecule has 0 bridgehead atoms. The van der Waals surface area contributed by atoms with Crippen molar-refractivity contribution >= 4 is 22.2 Å². The highest BCUT2D eigenvalue weighted by Crippen LogP contribution is 2.22. The van der Waals surface area contributed by atoms with Crippen molar-refractivity contribution in [1.29, 1.82) is 0 Å². The predicted octanol–water partition coefficient (Wildman–Crippen LogP) is 3.13. The molecule has 0 spiro atoms. The van der Waals surface area contributed by atoms with Gasteiger partial charge in [0.25, 0.3) is 0 Å². The smallest absolute Gasteiger partial charge is 0.218 e. The Labute approximate surface area is 133 Å². The van der Waals surface area contributed by atoms with E-state index in [0.29, 0.717) is 19.0 Å². The van der Waals surface area contributed by atoms with E-state index in [0.717, 1.165) is 22.0 Å². The number of hydrogen-bond acceptors (Lipinski definition) is 5. The molecule has 1 unspecified atom stereocenters. The zero-order chi connectivity index (χ0) is 15.4. The van der Waals surface area contributed by atoms with Crippen molar-refractivity contribution in [3.63, 3.8) is 0 Å². The Morgan fingerprint density at radius 2 is 2.18 bits per heavy atom. The van der Waals surface area contributed by atoms with Crippen LogP contribution in [0.25, 0.3) is 10.9 Å². The molecule has 114 valence electrons. The third kappa shape index (κ3) is 3.27. The van der Waals surface area contributed by atoms with Crippen molar-refractivity contribution < 1.29 is 9.84 Å². The van der Waals surface area contributed by atoms with E-state index in [1.807, 2.05) is 41.1 Å². The van der Waals surface area contributed by atoms with Crippen LogP contribution in [0.2, 0.25) is 0 Å². The lowest BCUT2D eigenvalue weighted by atomic mass is 10.1. The lowest BCUT2D eigenvalue weighted by Gasteiger charge is -2.13. The van der Waals surface area contributed by atoms with Crippen LogP contribution in [0, 0.1) is 0 Å². The van der Waals surface area contributed by atoms with Gasteiger partial charge in [-0.05, 0) is 34.5 Å². The number of aromatic nitrogens is 1. The number of fused-ring (bicyclic) bond motifs is 1. The average Bonchev–Trinajstić information content (AvgIpc) is 3.08. The molecule has 0 radical (unpaired) electrons. The number of para-hydroxylation sites is 1. The molecule has 5 heteroatoms. The molecule has 0 aliphatic rings. The first-order valence-corrected chi connectivity index (χ1v) is 8.05. The second kappa shape index (κ2) is 6.87. The minimum absolute atomic E-state index is 0.493. The number of nitrogens with one attached hydrogen (secondary N) is 1. The maximum absolute atomic E-state index is 10.1. The Bertz CT molecular complexity index is 744. The van der Waals surface area contributed by atoms with E-state index in [1.165, 1.54) is 0 Å². The number of thiophene rings is 1. The van der Waals surface area contributed by atoms with Gasteiger partial charge in [-0.1, -0.05) is 18.2 Å². The van der Waals surface area contributed by atoms with E-state index in [-0.39, 0.29) is 0 Å². The zero-order valence-corrected chi connectivity index (χ0v) is 13.1. The van der Waals surface area contributed by atoms with Gasteiger partial charge in [0.15, 0.2) is 0 Å². The van der Waals surface area contributed by atoms with Crippen LogP contribution < -0.4 is 10.1 Å². The summed E-state index contributed by atoms with van der Waals surface area (Å²) >= 11 is 1.59. The van der Waals surface area contributed by atoms with Gasteiger partial charge in [0.05, 0.1) is 18.7 Å². The lowest BCUT2D eigenvalue weighted by molar-refractivity contribution is 0.174. The molecule has 1 aromatic carbocycles. The molecule has 2 heterocycles. The molecule has 0 saturated carbocycles. The number of aliphatic hydroxyl groups excluding tert-OH is 1. The van der Waals surface area contributed by atoms with E-state index in [9.17, 15) is 5.11 Å². The average molecular weight is 314 g/mol. The van der Waals surface area contributed by atoms with Crippen molar-refractivity contribution in [2.24, 2.45) is 0 Å². The Hall–Kier alpha value is -1.95. The highest BCUT2D eigenvalue weighted by molar-refractivity contribution is 7.07. The summed E-state index contributed by atoms with van der Waals surface area (Å²) in [4.78, 5) is 4.52. The molecule has 0 saturated heterocycles. The van der Waals surface area contributed by atoms with Crippen LogP contribution in [0.4, 0.5) is 0 Å². The molecule has 3 aromatic rings. The van der Waals surface area contributed by atoms with E-state index in [1.54, 1.807) is 18.4 Å². The summed E-state index contributed by atoms with van der Waals surface area (Å²) in [5, 5.41) is 18.4. The van der Waals surface area contributed by atoms with Crippen LogP contribution in [0.1, 0.15) is 17.2 Å². The molecule has 4 nitrogen and oxygen atoms in total. The van der Waals surface area contributed by atoms with Crippen LogP contribution >= 0.6 is 11.3 Å². The molecular formula is C17H18N2O2S. The van der Waals surface area contributed by atoms with Gasteiger partial charge in [0, 0.05) is 24.0 Å². The Morgan fingerprint density at radius 3 is 2.95 bits per heavy atom. The fourth-order valence-electron chi connectivity index (χ4n) is 2.37. The number of aliphatic hydroxyl groups is 1. The Kier molecular flexibility index (Phi) is 4.68. The Morgan fingerprint density at radius 1 is 1.32 bits per heavy atom. The summed E-state index contributed by atoms with van der Waals surface area (Å²) in [6, 6.07) is 12.0. The first-order valence-electron chi connectivity index (χ1n) is 7.11. The summed E-state index contributed by atoms with van der Waals surface area (Å²) in [5.41, 5.74) is 2.85. The largest absolute Gasteiger partial charge is 0.481 e. The fourth-order valence-corrected chi connectivity index (χ4v) is 3.08. The molecule has 2 aromatic heterocycles. The molecule has 0 aliphatic carbocycles. The molecule has 2 N–H and O–H groups in total. The third-order valence-corrected chi connectivity index (χ3v) is 4.24. The highest BCUT2D eigenvalue weighted by Gasteiger charge is 2.10. The summed E-state index contributed by atoms with van der Waals surface area (Å²) in [7, 11) is 1.63. The first-order chi connectivity index (χ1) is 10.8. The lowest BCUT2D eigenvalue weighted by Crippen LogP contribution is -2.21. The monoisotopic (exact) mass is 314 g/mol. The van der Waals surface area contributed by atoms with E-state index in [4.69, 9.17) is 4.74 Å². The number of hydrogen-bond donors (Lipinski definition) is 2. The summed E-state index contributed by atoms with van der Waals surface area (Å²) < 4.78 is 5.37. The number of ether oxygens (including phenoxy) is 1. The Balaban J connectivity index is 1.70. The molecule has 3 rings (SSSR count). The van der Waals surface area contributed by atoms with Crippen LogP contribution in [-0.4, -0.2) is 23.7 Å². The first kappa shape index (κ1) is 15.0. The van der Waals surface area contributed by atoms with Gasteiger partial charge in [-0.25, -0.2) is 4.98 Å². The summed E-state index contributed by atoms with van der Waals surface area (Å²) in [6.07, 6.45) is -0.495. The number of methoxy groups -OCH3 is 1. The van der Waals surface area contributed by atoms with Crippen molar-refractivity contribution in [2.45, 2.75) is 12.6 Å². The molecule has 0 fully saturated rings. The molecule has 0 amide bonds. The van der Waals surface area contributed by atoms with Gasteiger partial charge < -0.3 is 15.2 Å². The van der Waals surface area contributed by atoms with Crippen molar-refractivity contribution in [1.82, 2.24) is 10.3 Å². The minimum atomic E-state index is -0.495. The molecule has 1 atom stereocenters.